The number of nitrogens with one attached hydrogen (secondary N) is 3. The molecular formula is C29H29N5O7S. The number of hydrogen-bond donors (Lipinski definition) is 4. The van der Waals surface area contributed by atoms with Gasteiger partial charge in [-0.25, -0.2) is 9.78 Å². The summed E-state index contributed by atoms with van der Waals surface area (Å²) < 4.78 is 33.7. The second-order valence-electron chi connectivity index (χ2n) is 9.61. The summed E-state index contributed by atoms with van der Waals surface area (Å²) in [6.07, 6.45) is 4.19. The molecule has 1 heterocycles. The molecule has 0 aliphatic heterocycles. The van der Waals surface area contributed by atoms with Crippen molar-refractivity contribution in [3.8, 4) is 16.9 Å². The third kappa shape index (κ3) is 7.18. The van der Waals surface area contributed by atoms with Crippen molar-refractivity contribution in [2.75, 3.05) is 25.2 Å². The Hall–Kier alpha value is -5.04. The summed E-state index contributed by atoms with van der Waals surface area (Å²) in [5.41, 5.74) is 6.43. The molecule has 42 heavy (non-hydrogen) atoms. The van der Waals surface area contributed by atoms with Crippen molar-refractivity contribution >= 4 is 45.5 Å². The van der Waals surface area contributed by atoms with Crippen molar-refractivity contribution in [1.29, 1.82) is 5.41 Å². The highest BCUT2D eigenvalue weighted by Crippen LogP contribution is 2.35. The first-order valence-corrected chi connectivity index (χ1v) is 14.6. The van der Waals surface area contributed by atoms with Crippen molar-refractivity contribution in [2.24, 2.45) is 11.7 Å². The topological polar surface area (TPSA) is 191 Å². The van der Waals surface area contributed by atoms with Crippen LogP contribution in [-0.4, -0.2) is 56.9 Å². The molecule has 218 valence electrons. The Bertz CT molecular complexity index is 1700. The van der Waals surface area contributed by atoms with Crippen LogP contribution in [0.25, 0.3) is 17.2 Å². The number of rotatable bonds is 11. The third-order valence-electron chi connectivity index (χ3n) is 6.37. The second kappa shape index (κ2) is 12.2. The number of carbonyl (C=O) groups excluding carboxylic acids is 3. The Morgan fingerprint density at radius 3 is 2.36 bits per heavy atom. The highest BCUT2D eigenvalue weighted by Gasteiger charge is 2.27. The van der Waals surface area contributed by atoms with Gasteiger partial charge in [-0.3, -0.25) is 15.0 Å². The van der Waals surface area contributed by atoms with Crippen molar-refractivity contribution in [3.05, 3.63) is 83.2 Å². The quantitative estimate of drug-likeness (QED) is 0.147. The van der Waals surface area contributed by atoms with Crippen molar-refractivity contribution in [2.45, 2.75) is 12.8 Å². The smallest absolute Gasteiger partial charge is 0.373 e. The predicted molar refractivity (Wildman–Crippen MR) is 157 cm³/mol. The summed E-state index contributed by atoms with van der Waals surface area (Å²) in [7, 11) is -2.84. The SMILES string of the molecule is C=Cc1cc(C(=O)Nc2ccc(C(=N)N)cc2)c(-c2ccc(C(=O)NCC3CC3)nc2C(=O)OS(C)(=O)=O)cc1OC. The van der Waals surface area contributed by atoms with Crippen LogP contribution in [0.5, 0.6) is 5.75 Å². The number of nitrogens with zero attached hydrogens (tertiary/aromatic N) is 1. The van der Waals surface area contributed by atoms with E-state index >= 15 is 0 Å². The maximum Gasteiger partial charge on any atom is 0.373 e. The van der Waals surface area contributed by atoms with Crippen LogP contribution in [0, 0.1) is 11.3 Å². The molecular weight excluding hydrogens is 562 g/mol. The molecule has 0 unspecified atom stereocenters. The van der Waals surface area contributed by atoms with E-state index in [4.69, 9.17) is 15.9 Å². The second-order valence-corrected chi connectivity index (χ2v) is 11.2. The minimum Gasteiger partial charge on any atom is -0.496 e. The fraction of sp³-hybridized carbons (Fsp3) is 0.207. The molecule has 0 atom stereocenters. The predicted octanol–water partition coefficient (Wildman–Crippen LogP) is 3.19. The summed E-state index contributed by atoms with van der Waals surface area (Å²) in [6.45, 7) is 4.21. The zero-order valence-corrected chi connectivity index (χ0v) is 23.7. The van der Waals surface area contributed by atoms with Gasteiger partial charge < -0.3 is 25.3 Å². The highest BCUT2D eigenvalue weighted by atomic mass is 32.2. The van der Waals surface area contributed by atoms with Gasteiger partial charge in [0.05, 0.1) is 13.4 Å². The van der Waals surface area contributed by atoms with Gasteiger partial charge in [-0.1, -0.05) is 12.7 Å². The van der Waals surface area contributed by atoms with E-state index in [9.17, 15) is 22.8 Å². The maximum absolute atomic E-state index is 13.6. The van der Waals surface area contributed by atoms with E-state index < -0.39 is 33.6 Å². The Morgan fingerprint density at radius 1 is 1.10 bits per heavy atom. The molecule has 0 spiro atoms. The van der Waals surface area contributed by atoms with Crippen molar-refractivity contribution < 1.29 is 31.7 Å². The number of benzene rings is 2. The number of anilines is 1. The number of aromatic nitrogens is 1. The van der Waals surface area contributed by atoms with Gasteiger partial charge in [0.15, 0.2) is 5.69 Å². The average Bonchev–Trinajstić information content (AvgIpc) is 3.79. The summed E-state index contributed by atoms with van der Waals surface area (Å²) in [6, 6.07) is 12.0. The zero-order chi connectivity index (χ0) is 30.6. The largest absolute Gasteiger partial charge is 0.496 e. The van der Waals surface area contributed by atoms with Crippen molar-refractivity contribution in [1.82, 2.24) is 10.3 Å². The van der Waals surface area contributed by atoms with Crippen LogP contribution in [-0.2, 0) is 14.3 Å². The van der Waals surface area contributed by atoms with E-state index in [2.05, 4.69) is 26.4 Å². The molecule has 1 aliphatic carbocycles. The van der Waals surface area contributed by atoms with Gasteiger partial charge in [0, 0.05) is 40.0 Å². The molecule has 2 amide bonds. The molecule has 5 N–H and O–H groups in total. The summed E-state index contributed by atoms with van der Waals surface area (Å²) >= 11 is 0. The maximum atomic E-state index is 13.6. The lowest BCUT2D eigenvalue weighted by atomic mass is 9.94. The lowest BCUT2D eigenvalue weighted by molar-refractivity contribution is 0.0742. The monoisotopic (exact) mass is 591 g/mol. The van der Waals surface area contributed by atoms with E-state index in [-0.39, 0.29) is 28.2 Å². The highest BCUT2D eigenvalue weighted by molar-refractivity contribution is 7.86. The van der Waals surface area contributed by atoms with Crippen molar-refractivity contribution in [3.63, 3.8) is 0 Å². The standard InChI is InChI=1S/C29H29N5O7S/c1-4-17-13-22(27(35)33-19-9-7-18(8-10-19)26(30)31)21(14-24(17)40-2)20-11-12-23(28(36)32-15-16-5-6-16)34-25(20)29(37)41-42(3,38)39/h4,7-14,16H,1,5-6,15H2,2-3H3,(H3,30,31)(H,32,36)(H,33,35). The van der Waals surface area contributed by atoms with E-state index in [0.717, 1.165) is 12.8 Å². The molecule has 13 heteroatoms. The van der Waals surface area contributed by atoms with Crippen LogP contribution in [0.4, 0.5) is 5.69 Å². The van der Waals surface area contributed by atoms with E-state index in [1.54, 1.807) is 24.3 Å². The zero-order valence-electron chi connectivity index (χ0n) is 22.9. The number of carbonyl (C=O) groups is 3. The first-order valence-electron chi connectivity index (χ1n) is 12.7. The molecule has 0 bridgehead atoms. The van der Waals surface area contributed by atoms with Gasteiger partial charge in [-0.05, 0) is 67.3 Å². The summed E-state index contributed by atoms with van der Waals surface area (Å²) in [4.78, 5) is 43.6. The number of nitrogen functional groups attached to an aromatic ring is 1. The molecule has 3 aromatic rings. The summed E-state index contributed by atoms with van der Waals surface area (Å²) in [5.74, 6) is -1.92. The number of pyridine rings is 1. The Morgan fingerprint density at radius 2 is 1.79 bits per heavy atom. The lowest BCUT2D eigenvalue weighted by Crippen LogP contribution is -2.27. The Kier molecular flexibility index (Phi) is 8.71. The van der Waals surface area contributed by atoms with Gasteiger partial charge in [0.2, 0.25) is 0 Å². The van der Waals surface area contributed by atoms with Crippen LogP contribution in [0.3, 0.4) is 0 Å². The lowest BCUT2D eigenvalue weighted by Gasteiger charge is -2.17. The molecule has 12 nitrogen and oxygen atoms in total. The summed E-state index contributed by atoms with van der Waals surface area (Å²) in [5, 5.41) is 13.0. The molecule has 1 aliphatic rings. The molecule has 2 aromatic carbocycles. The molecule has 0 saturated heterocycles. The fourth-order valence-corrected chi connectivity index (χ4v) is 4.41. The molecule has 1 aromatic heterocycles. The van der Waals surface area contributed by atoms with Gasteiger partial charge in [0.1, 0.15) is 17.3 Å². The molecule has 4 rings (SSSR count). The first kappa shape index (κ1) is 29.9. The number of nitrogens with two attached hydrogens (primary N) is 1. The van der Waals surface area contributed by atoms with E-state index in [1.807, 2.05) is 0 Å². The third-order valence-corrected chi connectivity index (χ3v) is 6.83. The minimum atomic E-state index is -4.25. The van der Waals surface area contributed by atoms with Crippen LogP contribution >= 0.6 is 0 Å². The fourth-order valence-electron chi connectivity index (χ4n) is 4.06. The molecule has 1 saturated carbocycles. The Balaban J connectivity index is 1.83. The van der Waals surface area contributed by atoms with Gasteiger partial charge in [-0.15, -0.1) is 0 Å². The molecule has 0 radical (unpaired) electrons. The molecule has 1 fully saturated rings. The number of methoxy groups -OCH3 is 1. The number of amidine groups is 1. The van der Waals surface area contributed by atoms with Crippen LogP contribution < -0.4 is 21.1 Å². The number of hydrogen-bond acceptors (Lipinski definition) is 9. The van der Waals surface area contributed by atoms with Crippen LogP contribution in [0.15, 0.2) is 55.1 Å². The van der Waals surface area contributed by atoms with Gasteiger partial charge >= 0.3 is 16.1 Å². The normalized spacial score (nSPS) is 12.6. The van der Waals surface area contributed by atoms with Gasteiger partial charge in [0.25, 0.3) is 11.8 Å². The van der Waals surface area contributed by atoms with Gasteiger partial charge in [-0.2, -0.15) is 8.42 Å². The van der Waals surface area contributed by atoms with E-state index in [0.29, 0.717) is 41.3 Å². The van der Waals surface area contributed by atoms with E-state index in [1.165, 1.54) is 37.5 Å². The number of ether oxygens (including phenoxy) is 1. The minimum absolute atomic E-state index is 0.0217. The Labute approximate surface area is 242 Å². The van der Waals surface area contributed by atoms with Crippen LogP contribution in [0.2, 0.25) is 0 Å². The first-order chi connectivity index (χ1) is 19.9. The average molecular weight is 592 g/mol. The van der Waals surface area contributed by atoms with Crippen LogP contribution in [0.1, 0.15) is 55.3 Å². The number of amides is 2.